The number of rotatable bonds is 36. The number of nitrogens with zero attached hydrogens (tertiary/aromatic N) is 8. The van der Waals surface area contributed by atoms with Gasteiger partial charge in [0.25, 0.3) is 11.8 Å². The number of hydrogen-bond donors (Lipinski definition) is 0. The van der Waals surface area contributed by atoms with Crippen molar-refractivity contribution in [1.82, 2.24) is 39.8 Å². The Balaban J connectivity index is 2.02. The van der Waals surface area contributed by atoms with Gasteiger partial charge < -0.3 is 9.80 Å². The monoisotopic (exact) mass is 885 g/mol. The van der Waals surface area contributed by atoms with Crippen LogP contribution in [0.3, 0.4) is 0 Å². The second-order valence-electron chi connectivity index (χ2n) is 19.1. The summed E-state index contributed by atoms with van der Waals surface area (Å²) < 4.78 is 0. The lowest BCUT2D eigenvalue weighted by molar-refractivity contribution is 0.0741. The van der Waals surface area contributed by atoms with Gasteiger partial charge in [-0.05, 0) is 63.5 Å². The molecule has 10 heteroatoms. The largest absolute Gasteiger partial charge is 0.339 e. The van der Waals surface area contributed by atoms with E-state index < -0.39 is 0 Å². The lowest BCUT2D eigenvalue weighted by Gasteiger charge is -2.27. The highest BCUT2D eigenvalue weighted by atomic mass is 16.2. The first-order valence-corrected chi connectivity index (χ1v) is 26.9. The number of benzene rings is 2. The fourth-order valence-electron chi connectivity index (χ4n) is 9.54. The van der Waals surface area contributed by atoms with E-state index in [0.717, 1.165) is 161 Å². The van der Waals surface area contributed by atoms with Crippen molar-refractivity contribution >= 4 is 44.7 Å². The highest BCUT2D eigenvalue weighted by molar-refractivity contribution is 6.29. The first-order valence-electron chi connectivity index (χ1n) is 26.9. The molecule has 0 unspecified atom stereocenters. The van der Waals surface area contributed by atoms with Gasteiger partial charge in [0.05, 0.1) is 24.2 Å². The average Bonchev–Trinajstić information content (AvgIpc) is 3.93. The van der Waals surface area contributed by atoms with Gasteiger partial charge in [-0.3, -0.25) is 9.59 Å². The minimum Gasteiger partial charge on any atom is -0.339 e. The first-order chi connectivity index (χ1) is 31.3. The first kappa shape index (κ1) is 53.1. The van der Waals surface area contributed by atoms with Gasteiger partial charge in [-0.2, -0.15) is 30.0 Å². The molecule has 2 aromatic carbocycles. The summed E-state index contributed by atoms with van der Waals surface area (Å²) in [5, 5.41) is 22.5. The van der Waals surface area contributed by atoms with Crippen LogP contribution in [0, 0.1) is 13.8 Å². The Morgan fingerprint density at radius 1 is 0.359 bits per heavy atom. The third kappa shape index (κ3) is 15.3. The molecule has 2 amide bonds. The summed E-state index contributed by atoms with van der Waals surface area (Å²) >= 11 is 0. The Hall–Kier alpha value is -3.56. The molecule has 64 heavy (non-hydrogen) atoms. The number of amides is 2. The van der Waals surface area contributed by atoms with Crippen LogP contribution in [0.4, 0.5) is 0 Å². The van der Waals surface area contributed by atoms with Gasteiger partial charge in [-0.1, -0.05) is 183 Å². The molecule has 4 aromatic rings. The summed E-state index contributed by atoms with van der Waals surface area (Å²) in [7, 11) is 0. The van der Waals surface area contributed by atoms with E-state index in [1.165, 1.54) is 51.4 Å². The smallest absolute Gasteiger partial charge is 0.254 e. The van der Waals surface area contributed by atoms with E-state index in [0.29, 0.717) is 61.4 Å². The predicted molar refractivity (Wildman–Crippen MR) is 271 cm³/mol. The van der Waals surface area contributed by atoms with Crippen molar-refractivity contribution in [3.8, 4) is 0 Å². The molecule has 0 fully saturated rings. The standard InChI is InChI=1S/C54H92N8O2/c1-9-15-21-27-29-35-41-61-55-49-43(7)45(53(63)59(37-31-23-17-11-3)38-32-24-18-12-4)48-47(51(49)57-61)46(54(64)60(39-33-25-19-13-5)40-34-26-20-14-6)44(8)50-52(48)58-62(56-50)42-36-30-28-22-16-10-2/h9-42H2,1-8H3. The van der Waals surface area contributed by atoms with Crippen LogP contribution in [0.15, 0.2) is 0 Å². The molecular weight excluding hydrogens is 793 g/mol. The van der Waals surface area contributed by atoms with Gasteiger partial charge in [0.1, 0.15) is 22.1 Å². The van der Waals surface area contributed by atoms with Crippen molar-refractivity contribution in [2.45, 2.75) is 248 Å². The summed E-state index contributed by atoms with van der Waals surface area (Å²) in [5.74, 6) is 0.0424. The number of carbonyl (C=O) groups is 2. The maximum absolute atomic E-state index is 15.6. The summed E-state index contributed by atoms with van der Waals surface area (Å²) in [6, 6.07) is 0. The molecule has 2 aromatic heterocycles. The Kier molecular flexibility index (Phi) is 24.8. The van der Waals surface area contributed by atoms with Gasteiger partial charge in [-0.15, -0.1) is 0 Å². The van der Waals surface area contributed by atoms with E-state index in [9.17, 15) is 0 Å². The van der Waals surface area contributed by atoms with Crippen LogP contribution >= 0.6 is 0 Å². The second kappa shape index (κ2) is 29.9. The molecule has 0 atom stereocenters. The topological polar surface area (TPSA) is 102 Å². The van der Waals surface area contributed by atoms with Gasteiger partial charge in [0.2, 0.25) is 0 Å². The molecule has 10 nitrogen and oxygen atoms in total. The maximum Gasteiger partial charge on any atom is 0.254 e. The molecule has 0 spiro atoms. The third-order valence-corrected chi connectivity index (χ3v) is 13.5. The highest BCUT2D eigenvalue weighted by Gasteiger charge is 2.33. The minimum absolute atomic E-state index is 0.0212. The second-order valence-corrected chi connectivity index (χ2v) is 19.1. The molecule has 0 saturated heterocycles. The maximum atomic E-state index is 15.6. The van der Waals surface area contributed by atoms with E-state index in [1.54, 1.807) is 0 Å². The summed E-state index contributed by atoms with van der Waals surface area (Å²) in [6.07, 6.45) is 31.7. The van der Waals surface area contributed by atoms with Gasteiger partial charge in [-0.25, -0.2) is 0 Å². The third-order valence-electron chi connectivity index (χ3n) is 13.5. The average molecular weight is 885 g/mol. The number of aryl methyl sites for hydroxylation is 4. The van der Waals surface area contributed by atoms with E-state index in [1.807, 2.05) is 9.59 Å². The molecule has 0 aliphatic rings. The van der Waals surface area contributed by atoms with Crippen LogP contribution in [0.2, 0.25) is 0 Å². The molecule has 0 bridgehead atoms. The van der Waals surface area contributed by atoms with E-state index in [-0.39, 0.29) is 11.8 Å². The van der Waals surface area contributed by atoms with Crippen LogP contribution in [0.1, 0.15) is 253 Å². The zero-order chi connectivity index (χ0) is 46.1. The molecule has 360 valence electrons. The van der Waals surface area contributed by atoms with Crippen LogP contribution in [-0.4, -0.2) is 77.8 Å². The van der Waals surface area contributed by atoms with Crippen molar-refractivity contribution in [2.24, 2.45) is 0 Å². The molecule has 0 aliphatic carbocycles. The molecule has 4 rings (SSSR count). The van der Waals surface area contributed by atoms with Crippen LogP contribution in [0.25, 0.3) is 32.8 Å². The minimum atomic E-state index is 0.0212. The molecule has 0 saturated carbocycles. The van der Waals surface area contributed by atoms with Crippen molar-refractivity contribution in [3.05, 3.63) is 22.3 Å². The fourth-order valence-corrected chi connectivity index (χ4v) is 9.54. The van der Waals surface area contributed by atoms with Crippen molar-refractivity contribution in [1.29, 1.82) is 0 Å². The summed E-state index contributed by atoms with van der Waals surface area (Å²) in [5.41, 5.74) is 5.79. The number of fused-ring (bicyclic) bond motifs is 5. The molecule has 0 aliphatic heterocycles. The SMILES string of the molecule is CCCCCCCCn1nc2c(C)c(C(=O)N(CCCCCC)CCCCCC)c3c4nn(CCCCCCCC)nc4c(C)c(C(=O)N(CCCCCC)CCCCCC)c3c2n1. The predicted octanol–water partition coefficient (Wildman–Crippen LogP) is 14.9. The Labute approximate surface area is 389 Å². The molecule has 0 N–H and O–H groups in total. The summed E-state index contributed by atoms with van der Waals surface area (Å²) in [6.45, 7) is 21.8. The molecular formula is C54H92N8O2. The molecule has 0 radical (unpaired) electrons. The van der Waals surface area contributed by atoms with Gasteiger partial charge in [0.15, 0.2) is 0 Å². The van der Waals surface area contributed by atoms with E-state index >= 15 is 9.59 Å². The lowest BCUT2D eigenvalue weighted by Crippen LogP contribution is -2.35. The Morgan fingerprint density at radius 3 is 0.906 bits per heavy atom. The van der Waals surface area contributed by atoms with Crippen LogP contribution < -0.4 is 0 Å². The fraction of sp³-hybridized carbons (Fsp3) is 0.778. The highest BCUT2D eigenvalue weighted by Crippen LogP contribution is 2.40. The zero-order valence-electron chi connectivity index (χ0n) is 42.4. The number of unbranched alkanes of at least 4 members (excludes halogenated alkanes) is 22. The Bertz CT molecular complexity index is 1800. The normalized spacial score (nSPS) is 11.8. The Morgan fingerprint density at radius 2 is 0.609 bits per heavy atom. The van der Waals surface area contributed by atoms with Crippen molar-refractivity contribution < 1.29 is 9.59 Å². The van der Waals surface area contributed by atoms with Crippen molar-refractivity contribution in [2.75, 3.05) is 26.2 Å². The quantitative estimate of drug-likeness (QED) is 0.0422. The number of hydrogen-bond acceptors (Lipinski definition) is 6. The van der Waals surface area contributed by atoms with Gasteiger partial charge >= 0.3 is 0 Å². The van der Waals surface area contributed by atoms with E-state index in [4.69, 9.17) is 20.4 Å². The molecule has 2 heterocycles. The number of carbonyl (C=O) groups excluding carboxylic acids is 2. The van der Waals surface area contributed by atoms with Crippen LogP contribution in [0.5, 0.6) is 0 Å². The van der Waals surface area contributed by atoms with Crippen LogP contribution in [-0.2, 0) is 13.1 Å². The van der Waals surface area contributed by atoms with Crippen molar-refractivity contribution in [3.63, 3.8) is 0 Å². The van der Waals surface area contributed by atoms with E-state index in [2.05, 4.69) is 65.2 Å². The lowest BCUT2D eigenvalue weighted by atomic mass is 9.89. The van der Waals surface area contributed by atoms with Gasteiger partial charge in [0, 0.05) is 37.0 Å². The zero-order valence-corrected chi connectivity index (χ0v) is 42.4. The number of aromatic nitrogens is 6. The summed E-state index contributed by atoms with van der Waals surface area (Å²) in [4.78, 5) is 39.2.